The highest BCUT2D eigenvalue weighted by Gasteiger charge is 2.14. The molecule has 6 heteroatoms. The van der Waals surface area contributed by atoms with E-state index in [4.69, 9.17) is 0 Å². The average molecular weight is 374 g/mol. The van der Waals surface area contributed by atoms with Gasteiger partial charge >= 0.3 is 0 Å². The van der Waals surface area contributed by atoms with Gasteiger partial charge in [-0.2, -0.15) is 0 Å². The Balaban J connectivity index is 2.34. The fourth-order valence-electron chi connectivity index (χ4n) is 1.42. The SMILES string of the molecule is Cc1cc(S(=O)(=O)Nc2ccncc2)ccc1I. The van der Waals surface area contributed by atoms with Crippen LogP contribution in [0, 0.1) is 10.5 Å². The molecule has 4 nitrogen and oxygen atoms in total. The summed E-state index contributed by atoms with van der Waals surface area (Å²) in [6, 6.07) is 8.26. The molecule has 0 aliphatic heterocycles. The average Bonchev–Trinajstić information content (AvgIpc) is 2.33. The maximum Gasteiger partial charge on any atom is 0.261 e. The Bertz CT molecular complexity index is 657. The molecule has 0 unspecified atom stereocenters. The number of sulfonamides is 1. The lowest BCUT2D eigenvalue weighted by Gasteiger charge is -2.08. The van der Waals surface area contributed by atoms with Crippen molar-refractivity contribution < 1.29 is 8.42 Å². The Morgan fingerprint density at radius 3 is 2.44 bits per heavy atom. The van der Waals surface area contributed by atoms with Crippen molar-refractivity contribution in [1.29, 1.82) is 0 Å². The molecule has 0 bridgehead atoms. The highest BCUT2D eigenvalue weighted by molar-refractivity contribution is 14.1. The number of halogens is 1. The molecule has 18 heavy (non-hydrogen) atoms. The Morgan fingerprint density at radius 2 is 1.83 bits per heavy atom. The second kappa shape index (κ2) is 5.23. The third-order valence-corrected chi connectivity index (χ3v) is 4.96. The minimum Gasteiger partial charge on any atom is -0.280 e. The number of anilines is 1. The molecule has 1 N–H and O–H groups in total. The van der Waals surface area contributed by atoms with Crippen LogP contribution in [0.25, 0.3) is 0 Å². The third-order valence-electron chi connectivity index (χ3n) is 2.37. The lowest BCUT2D eigenvalue weighted by atomic mass is 10.2. The Labute approximate surface area is 120 Å². The quantitative estimate of drug-likeness (QED) is 0.841. The van der Waals surface area contributed by atoms with Crippen molar-refractivity contribution in [3.63, 3.8) is 0 Å². The molecule has 2 aromatic rings. The molecule has 0 fully saturated rings. The maximum atomic E-state index is 12.1. The minimum absolute atomic E-state index is 0.261. The van der Waals surface area contributed by atoms with Gasteiger partial charge in [0.15, 0.2) is 0 Å². The normalized spacial score (nSPS) is 11.2. The van der Waals surface area contributed by atoms with Crippen LogP contribution in [0.4, 0.5) is 5.69 Å². The lowest BCUT2D eigenvalue weighted by Crippen LogP contribution is -2.13. The van der Waals surface area contributed by atoms with Gasteiger partial charge in [-0.15, -0.1) is 0 Å². The Hall–Kier alpha value is -1.15. The molecule has 0 atom stereocenters. The maximum absolute atomic E-state index is 12.1. The van der Waals surface area contributed by atoms with Gasteiger partial charge in [-0.25, -0.2) is 8.42 Å². The van der Waals surface area contributed by atoms with Crippen LogP contribution in [-0.4, -0.2) is 13.4 Å². The minimum atomic E-state index is -3.53. The van der Waals surface area contributed by atoms with E-state index in [9.17, 15) is 8.42 Å². The van der Waals surface area contributed by atoms with Gasteiger partial charge in [0.05, 0.1) is 10.6 Å². The summed E-state index contributed by atoms with van der Waals surface area (Å²) in [6.07, 6.45) is 3.08. The highest BCUT2D eigenvalue weighted by atomic mass is 127. The summed E-state index contributed by atoms with van der Waals surface area (Å²) in [5, 5.41) is 0. The first-order valence-electron chi connectivity index (χ1n) is 5.18. The van der Waals surface area contributed by atoms with Gasteiger partial charge in [0.1, 0.15) is 0 Å². The molecule has 0 aliphatic rings. The van der Waals surface area contributed by atoms with Crippen molar-refractivity contribution in [3.8, 4) is 0 Å². The number of aromatic nitrogens is 1. The van der Waals surface area contributed by atoms with E-state index < -0.39 is 10.0 Å². The van der Waals surface area contributed by atoms with Crippen LogP contribution >= 0.6 is 22.6 Å². The van der Waals surface area contributed by atoms with E-state index in [0.717, 1.165) is 9.13 Å². The molecular weight excluding hydrogens is 363 g/mol. The predicted molar refractivity (Wildman–Crippen MR) is 78.9 cm³/mol. The van der Waals surface area contributed by atoms with Gasteiger partial charge < -0.3 is 0 Å². The molecule has 0 saturated carbocycles. The van der Waals surface area contributed by atoms with Gasteiger partial charge in [0, 0.05) is 16.0 Å². The van der Waals surface area contributed by atoms with Crippen molar-refractivity contribution in [2.24, 2.45) is 0 Å². The van der Waals surface area contributed by atoms with E-state index in [1.54, 1.807) is 30.3 Å². The first-order chi connectivity index (χ1) is 8.49. The summed E-state index contributed by atoms with van der Waals surface area (Å²) < 4.78 is 27.8. The summed E-state index contributed by atoms with van der Waals surface area (Å²) in [4.78, 5) is 4.10. The van der Waals surface area contributed by atoms with E-state index in [-0.39, 0.29) is 4.90 Å². The molecular formula is C12H11IN2O2S. The lowest BCUT2D eigenvalue weighted by molar-refractivity contribution is 0.601. The molecule has 0 radical (unpaired) electrons. The summed E-state index contributed by atoms with van der Waals surface area (Å²) in [5.74, 6) is 0. The zero-order chi connectivity index (χ0) is 13.2. The summed E-state index contributed by atoms with van der Waals surface area (Å²) >= 11 is 2.17. The van der Waals surface area contributed by atoms with Crippen LogP contribution in [-0.2, 0) is 10.0 Å². The van der Waals surface area contributed by atoms with Gasteiger partial charge in [0.25, 0.3) is 10.0 Å². The standard InChI is InChI=1S/C12H11IN2O2S/c1-9-8-11(2-3-12(9)13)18(16,17)15-10-4-6-14-7-5-10/h2-8H,1H3,(H,14,15). The number of nitrogens with zero attached hydrogens (tertiary/aromatic N) is 1. The number of nitrogens with one attached hydrogen (secondary N) is 1. The fraction of sp³-hybridized carbons (Fsp3) is 0.0833. The number of hydrogen-bond donors (Lipinski definition) is 1. The van der Waals surface area contributed by atoms with Crippen LogP contribution in [0.5, 0.6) is 0 Å². The van der Waals surface area contributed by atoms with E-state index in [1.807, 2.05) is 6.92 Å². The second-order valence-corrected chi connectivity index (χ2v) is 6.60. The van der Waals surface area contributed by atoms with Gasteiger partial charge in [0.2, 0.25) is 0 Å². The van der Waals surface area contributed by atoms with Crippen molar-refractivity contribution in [3.05, 3.63) is 51.9 Å². The van der Waals surface area contributed by atoms with Crippen molar-refractivity contribution in [1.82, 2.24) is 4.98 Å². The third kappa shape index (κ3) is 2.99. The Morgan fingerprint density at radius 1 is 1.17 bits per heavy atom. The van der Waals surface area contributed by atoms with Crippen LogP contribution in [0.1, 0.15) is 5.56 Å². The number of rotatable bonds is 3. The molecule has 1 aromatic heterocycles. The van der Waals surface area contributed by atoms with E-state index in [2.05, 4.69) is 32.3 Å². The number of benzene rings is 1. The summed E-state index contributed by atoms with van der Waals surface area (Å²) in [6.45, 7) is 1.88. The molecule has 0 spiro atoms. The zero-order valence-electron chi connectivity index (χ0n) is 9.59. The van der Waals surface area contributed by atoms with E-state index in [0.29, 0.717) is 5.69 Å². The molecule has 1 heterocycles. The number of hydrogen-bond acceptors (Lipinski definition) is 3. The summed E-state index contributed by atoms with van der Waals surface area (Å²) in [7, 11) is -3.53. The molecule has 94 valence electrons. The molecule has 2 rings (SSSR count). The first kappa shape index (κ1) is 13.3. The predicted octanol–water partition coefficient (Wildman–Crippen LogP) is 2.80. The van der Waals surface area contributed by atoms with E-state index >= 15 is 0 Å². The monoisotopic (exact) mass is 374 g/mol. The Kier molecular flexibility index (Phi) is 3.86. The van der Waals surface area contributed by atoms with E-state index in [1.165, 1.54) is 12.4 Å². The van der Waals surface area contributed by atoms with Crippen LogP contribution in [0.15, 0.2) is 47.6 Å². The van der Waals surface area contributed by atoms with Crippen LogP contribution in [0.2, 0.25) is 0 Å². The first-order valence-corrected chi connectivity index (χ1v) is 7.74. The number of aryl methyl sites for hydroxylation is 1. The second-order valence-electron chi connectivity index (χ2n) is 3.75. The van der Waals surface area contributed by atoms with Crippen molar-refractivity contribution in [2.75, 3.05) is 4.72 Å². The fourth-order valence-corrected chi connectivity index (χ4v) is 2.90. The van der Waals surface area contributed by atoms with Crippen LogP contribution in [0.3, 0.4) is 0 Å². The van der Waals surface area contributed by atoms with Crippen LogP contribution < -0.4 is 4.72 Å². The molecule has 1 aromatic carbocycles. The molecule has 0 saturated heterocycles. The number of pyridine rings is 1. The highest BCUT2D eigenvalue weighted by Crippen LogP contribution is 2.19. The molecule has 0 amide bonds. The largest absolute Gasteiger partial charge is 0.280 e. The molecule has 0 aliphatic carbocycles. The van der Waals surface area contributed by atoms with Gasteiger partial charge in [-0.3, -0.25) is 9.71 Å². The van der Waals surface area contributed by atoms with Crippen molar-refractivity contribution in [2.45, 2.75) is 11.8 Å². The van der Waals surface area contributed by atoms with Crippen molar-refractivity contribution >= 4 is 38.3 Å². The summed E-state index contributed by atoms with van der Waals surface area (Å²) in [5.41, 5.74) is 1.44. The smallest absolute Gasteiger partial charge is 0.261 e. The van der Waals surface area contributed by atoms with Gasteiger partial charge in [-0.05, 0) is 65.4 Å². The van der Waals surface area contributed by atoms with Gasteiger partial charge in [-0.1, -0.05) is 0 Å². The zero-order valence-corrected chi connectivity index (χ0v) is 12.6. The topological polar surface area (TPSA) is 59.1 Å².